The Morgan fingerprint density at radius 2 is 1.12 bits per heavy atom. The van der Waals surface area contributed by atoms with E-state index in [0.717, 1.165) is 46.6 Å². The number of nitrogens with one attached hydrogen (secondary N) is 2. The Labute approximate surface area is 248 Å². The molecule has 0 bridgehead atoms. The summed E-state index contributed by atoms with van der Waals surface area (Å²) in [6.07, 6.45) is 1.00. The van der Waals surface area contributed by atoms with Gasteiger partial charge in [-0.15, -0.1) is 10.2 Å². The first-order chi connectivity index (χ1) is 19.9. The summed E-state index contributed by atoms with van der Waals surface area (Å²) in [7, 11) is 0. The minimum absolute atomic E-state index is 0. The number of benzene rings is 2. The van der Waals surface area contributed by atoms with Gasteiger partial charge in [-0.3, -0.25) is 0 Å². The van der Waals surface area contributed by atoms with Crippen LogP contribution in [0.25, 0.3) is 0 Å². The second kappa shape index (κ2) is 14.7. The van der Waals surface area contributed by atoms with Gasteiger partial charge in [0.25, 0.3) is 0 Å². The van der Waals surface area contributed by atoms with Crippen LogP contribution < -0.4 is 10.6 Å². The molecule has 42 heavy (non-hydrogen) atoms. The van der Waals surface area contributed by atoms with Crippen molar-refractivity contribution in [2.24, 2.45) is 0 Å². The lowest BCUT2D eigenvalue weighted by Crippen LogP contribution is -2.09. The second-order valence-corrected chi connectivity index (χ2v) is 10.7. The Bertz CT molecular complexity index is 1480. The van der Waals surface area contributed by atoms with E-state index in [1.807, 2.05) is 26.8 Å². The molecular formula is C32H42F4N6. The van der Waals surface area contributed by atoms with E-state index in [9.17, 15) is 17.6 Å². The molecule has 0 aliphatic rings. The fourth-order valence-corrected chi connectivity index (χ4v) is 4.27. The molecule has 6 nitrogen and oxygen atoms in total. The molecule has 2 N–H and O–H groups in total. The molecule has 0 aliphatic carbocycles. The maximum atomic E-state index is 13.1. The van der Waals surface area contributed by atoms with Gasteiger partial charge in [0.2, 0.25) is 0 Å². The normalized spacial score (nSPS) is 11.6. The Morgan fingerprint density at radius 1 is 0.643 bits per heavy atom. The Morgan fingerprint density at radius 3 is 1.57 bits per heavy atom. The molecule has 4 aromatic rings. The van der Waals surface area contributed by atoms with Crippen molar-refractivity contribution >= 4 is 11.6 Å². The number of nitrogens with zero attached hydrogens (tertiary/aromatic N) is 4. The number of hydrogen-bond acceptors (Lipinski definition) is 6. The van der Waals surface area contributed by atoms with E-state index in [2.05, 4.69) is 58.7 Å². The smallest absolute Gasteiger partial charge is 0.152 e. The average Bonchev–Trinajstić information content (AvgIpc) is 2.92. The Hall–Kier alpha value is -4.08. The van der Waals surface area contributed by atoms with Crippen LogP contribution in [-0.2, 0) is 13.1 Å². The van der Waals surface area contributed by atoms with Gasteiger partial charge in [0.1, 0.15) is 23.3 Å². The molecule has 0 aliphatic heterocycles. The van der Waals surface area contributed by atoms with E-state index >= 15 is 0 Å². The summed E-state index contributed by atoms with van der Waals surface area (Å²) < 4.78 is 52.5. The predicted octanol–water partition coefficient (Wildman–Crippen LogP) is 8.79. The van der Waals surface area contributed by atoms with Crippen molar-refractivity contribution in [3.63, 3.8) is 0 Å². The van der Waals surface area contributed by atoms with Gasteiger partial charge in [0.15, 0.2) is 11.6 Å². The van der Waals surface area contributed by atoms with Crippen LogP contribution in [0.1, 0.15) is 88.0 Å². The average molecular weight is 587 g/mol. The summed E-state index contributed by atoms with van der Waals surface area (Å²) >= 11 is 0. The van der Waals surface area contributed by atoms with Gasteiger partial charge in [-0.1, -0.05) is 27.7 Å². The third-order valence-corrected chi connectivity index (χ3v) is 6.99. The molecular weight excluding hydrogens is 544 g/mol. The third-order valence-electron chi connectivity index (χ3n) is 6.99. The number of hydrogen-bond donors (Lipinski definition) is 2. The molecule has 228 valence electrons. The standard InChI is InChI=1S/2C16H19F2N3.2H2/c1-9(2)15-10(3)11(4)16(21-20-15)19-8-12-5-13(17)7-14(18)6-12;1-4-10(2)15-5-11(3)16(21-20-15)19-9-12-6-13(17)8-14(18)7-12;;/h5-7,9H,8H2,1-4H3,(H,19,21);5-8,10H,4,9H2,1-3H3,(H,19,21);2*1H. The molecule has 2 heterocycles. The van der Waals surface area contributed by atoms with Crippen LogP contribution in [0.15, 0.2) is 42.5 Å². The maximum absolute atomic E-state index is 13.1. The van der Waals surface area contributed by atoms with E-state index in [4.69, 9.17) is 0 Å². The highest BCUT2D eigenvalue weighted by molar-refractivity contribution is 5.48. The molecule has 10 heteroatoms. The van der Waals surface area contributed by atoms with E-state index in [1.165, 1.54) is 24.3 Å². The molecule has 1 atom stereocenters. The molecule has 2 aromatic carbocycles. The minimum atomic E-state index is -0.582. The number of rotatable bonds is 9. The van der Waals surface area contributed by atoms with Crippen molar-refractivity contribution in [1.82, 2.24) is 20.4 Å². The van der Waals surface area contributed by atoms with Crippen LogP contribution in [0, 0.1) is 44.0 Å². The molecule has 0 amide bonds. The van der Waals surface area contributed by atoms with E-state index < -0.39 is 23.3 Å². The summed E-state index contributed by atoms with van der Waals surface area (Å²) in [5, 5.41) is 22.9. The van der Waals surface area contributed by atoms with Crippen molar-refractivity contribution in [1.29, 1.82) is 0 Å². The lowest BCUT2D eigenvalue weighted by atomic mass is 10.0. The molecule has 0 radical (unpaired) electrons. The largest absolute Gasteiger partial charge is 0.364 e. The quantitative estimate of drug-likeness (QED) is 0.191. The molecule has 0 fully saturated rings. The fourth-order valence-electron chi connectivity index (χ4n) is 4.27. The van der Waals surface area contributed by atoms with E-state index in [-0.39, 0.29) is 2.85 Å². The zero-order valence-corrected chi connectivity index (χ0v) is 25.1. The molecule has 0 saturated carbocycles. The summed E-state index contributed by atoms with van der Waals surface area (Å²) in [4.78, 5) is 0. The monoisotopic (exact) mass is 586 g/mol. The van der Waals surface area contributed by atoms with Crippen molar-refractivity contribution in [2.75, 3.05) is 10.6 Å². The topological polar surface area (TPSA) is 75.6 Å². The number of aryl methyl sites for hydroxylation is 1. The SMILES string of the molecule is CCC(C)c1cc(C)c(NCc2cc(F)cc(F)c2)nn1.Cc1c(NCc2cc(F)cc(F)c2)nnc(C(C)C)c1C.[HH].[HH]. The summed E-state index contributed by atoms with van der Waals surface area (Å²) in [6, 6.07) is 8.91. The van der Waals surface area contributed by atoms with Gasteiger partial charge in [-0.05, 0) is 97.2 Å². The first kappa shape index (κ1) is 32.4. The van der Waals surface area contributed by atoms with Crippen LogP contribution in [0.2, 0.25) is 0 Å². The molecule has 0 spiro atoms. The maximum Gasteiger partial charge on any atom is 0.152 e. The Balaban J connectivity index is 0.000000421. The Kier molecular flexibility index (Phi) is 11.4. The highest BCUT2D eigenvalue weighted by Gasteiger charge is 2.13. The van der Waals surface area contributed by atoms with Gasteiger partial charge >= 0.3 is 0 Å². The van der Waals surface area contributed by atoms with E-state index in [1.54, 1.807) is 0 Å². The van der Waals surface area contributed by atoms with Crippen molar-refractivity contribution in [2.45, 2.75) is 79.8 Å². The fraction of sp³-hybridized carbons (Fsp3) is 0.375. The first-order valence-electron chi connectivity index (χ1n) is 13.9. The van der Waals surface area contributed by atoms with Crippen LogP contribution in [0.4, 0.5) is 29.2 Å². The summed E-state index contributed by atoms with van der Waals surface area (Å²) in [6.45, 7) is 14.8. The molecule has 2 aromatic heterocycles. The second-order valence-electron chi connectivity index (χ2n) is 10.7. The minimum Gasteiger partial charge on any atom is -0.364 e. The third kappa shape index (κ3) is 8.96. The van der Waals surface area contributed by atoms with Crippen LogP contribution in [0.3, 0.4) is 0 Å². The van der Waals surface area contributed by atoms with Gasteiger partial charge in [-0.25, -0.2) is 17.6 Å². The van der Waals surface area contributed by atoms with Crippen molar-refractivity contribution < 1.29 is 20.4 Å². The van der Waals surface area contributed by atoms with Crippen molar-refractivity contribution in [3.05, 3.63) is 105 Å². The summed E-state index contributed by atoms with van der Waals surface area (Å²) in [5.74, 6) is -0.385. The zero-order chi connectivity index (χ0) is 31.0. The predicted molar refractivity (Wildman–Crippen MR) is 163 cm³/mol. The first-order valence-corrected chi connectivity index (χ1v) is 13.9. The van der Waals surface area contributed by atoms with Gasteiger partial charge < -0.3 is 10.6 Å². The molecule has 4 rings (SSSR count). The highest BCUT2D eigenvalue weighted by Crippen LogP contribution is 2.23. The molecule has 1 unspecified atom stereocenters. The van der Waals surface area contributed by atoms with Gasteiger partial charge in [-0.2, -0.15) is 10.2 Å². The lowest BCUT2D eigenvalue weighted by Gasteiger charge is -2.14. The van der Waals surface area contributed by atoms with Gasteiger partial charge in [0, 0.05) is 28.1 Å². The number of anilines is 2. The highest BCUT2D eigenvalue weighted by atomic mass is 19.1. The van der Waals surface area contributed by atoms with E-state index in [0.29, 0.717) is 47.7 Å². The van der Waals surface area contributed by atoms with Crippen LogP contribution >= 0.6 is 0 Å². The number of halogens is 4. The van der Waals surface area contributed by atoms with Crippen LogP contribution in [-0.4, -0.2) is 20.4 Å². The lowest BCUT2D eigenvalue weighted by molar-refractivity contribution is 0.579. The van der Waals surface area contributed by atoms with Crippen LogP contribution in [0.5, 0.6) is 0 Å². The number of aromatic nitrogens is 4. The van der Waals surface area contributed by atoms with Gasteiger partial charge in [0.05, 0.1) is 11.4 Å². The summed E-state index contributed by atoms with van der Waals surface area (Å²) in [5.41, 5.74) is 6.04. The van der Waals surface area contributed by atoms with Crippen molar-refractivity contribution in [3.8, 4) is 0 Å². The zero-order valence-electron chi connectivity index (χ0n) is 25.1. The molecule has 0 saturated heterocycles.